The summed E-state index contributed by atoms with van der Waals surface area (Å²) in [6.07, 6.45) is 5.02. The van der Waals surface area contributed by atoms with E-state index in [1.54, 1.807) is 6.07 Å². The van der Waals surface area contributed by atoms with Crippen LogP contribution in [0.15, 0.2) is 18.2 Å². The SMILES string of the molecule is O=C1CCCCCc2cc(Cl)ccc21. The number of aryl methyl sites for hydroxylation is 1. The fraction of sp³-hybridized carbons (Fsp3) is 0.417. The van der Waals surface area contributed by atoms with Crippen molar-refractivity contribution in [2.75, 3.05) is 0 Å². The molecule has 0 spiro atoms. The molecule has 1 aliphatic carbocycles. The van der Waals surface area contributed by atoms with Crippen molar-refractivity contribution < 1.29 is 4.79 Å². The van der Waals surface area contributed by atoms with Crippen molar-refractivity contribution in [1.82, 2.24) is 0 Å². The molecule has 2 rings (SSSR count). The monoisotopic (exact) mass is 208 g/mol. The van der Waals surface area contributed by atoms with E-state index in [-0.39, 0.29) is 5.78 Å². The average molecular weight is 209 g/mol. The van der Waals surface area contributed by atoms with Gasteiger partial charge in [0.05, 0.1) is 0 Å². The second-order valence-electron chi connectivity index (χ2n) is 3.79. The molecule has 1 aromatic carbocycles. The fourth-order valence-electron chi connectivity index (χ4n) is 1.95. The minimum atomic E-state index is 0.274. The van der Waals surface area contributed by atoms with Crippen LogP contribution in [0.1, 0.15) is 41.6 Å². The van der Waals surface area contributed by atoms with Crippen molar-refractivity contribution in [3.8, 4) is 0 Å². The van der Waals surface area contributed by atoms with E-state index in [0.29, 0.717) is 6.42 Å². The number of ketones is 1. The van der Waals surface area contributed by atoms with Crippen molar-refractivity contribution >= 4 is 17.4 Å². The van der Waals surface area contributed by atoms with Gasteiger partial charge in [-0.05, 0) is 43.0 Å². The Hall–Kier alpha value is -0.820. The Kier molecular flexibility index (Phi) is 2.87. The van der Waals surface area contributed by atoms with Crippen molar-refractivity contribution in [2.45, 2.75) is 32.1 Å². The Balaban J connectivity index is 2.41. The normalized spacial score (nSPS) is 17.1. The van der Waals surface area contributed by atoms with Gasteiger partial charge in [0.1, 0.15) is 0 Å². The van der Waals surface area contributed by atoms with E-state index in [2.05, 4.69) is 0 Å². The smallest absolute Gasteiger partial charge is 0.163 e. The van der Waals surface area contributed by atoms with Crippen LogP contribution < -0.4 is 0 Å². The fourth-order valence-corrected chi connectivity index (χ4v) is 2.15. The maximum absolute atomic E-state index is 11.7. The van der Waals surface area contributed by atoms with Gasteiger partial charge in [-0.2, -0.15) is 0 Å². The zero-order valence-electron chi connectivity index (χ0n) is 8.05. The molecule has 0 N–H and O–H groups in total. The summed E-state index contributed by atoms with van der Waals surface area (Å²) in [5.41, 5.74) is 2.01. The van der Waals surface area contributed by atoms with E-state index in [1.807, 2.05) is 12.1 Å². The number of Topliss-reactive ketones (excluding diaryl/α,β-unsaturated/α-hetero) is 1. The molecule has 0 fully saturated rings. The van der Waals surface area contributed by atoms with Crippen LogP contribution in [0.3, 0.4) is 0 Å². The first-order chi connectivity index (χ1) is 6.77. The molecular weight excluding hydrogens is 196 g/mol. The van der Waals surface area contributed by atoms with Crippen LogP contribution in [0.5, 0.6) is 0 Å². The predicted octanol–water partition coefficient (Wildman–Crippen LogP) is 3.64. The molecule has 14 heavy (non-hydrogen) atoms. The summed E-state index contributed by atoms with van der Waals surface area (Å²) in [5, 5.41) is 0.733. The first-order valence-corrected chi connectivity index (χ1v) is 5.47. The lowest BCUT2D eigenvalue weighted by atomic mass is 9.93. The van der Waals surface area contributed by atoms with E-state index in [0.717, 1.165) is 35.4 Å². The summed E-state index contributed by atoms with van der Waals surface area (Å²) >= 11 is 5.91. The van der Waals surface area contributed by atoms with Gasteiger partial charge < -0.3 is 0 Å². The minimum absolute atomic E-state index is 0.274. The summed E-state index contributed by atoms with van der Waals surface area (Å²) in [6.45, 7) is 0. The molecule has 0 aromatic heterocycles. The summed E-state index contributed by atoms with van der Waals surface area (Å²) in [4.78, 5) is 11.7. The van der Waals surface area contributed by atoms with Gasteiger partial charge >= 0.3 is 0 Å². The number of carbonyl (C=O) groups excluding carboxylic acids is 1. The van der Waals surface area contributed by atoms with Crippen LogP contribution in [-0.4, -0.2) is 5.78 Å². The van der Waals surface area contributed by atoms with Crippen LogP contribution >= 0.6 is 11.6 Å². The molecule has 0 atom stereocenters. The molecule has 0 radical (unpaired) electrons. The second-order valence-corrected chi connectivity index (χ2v) is 4.22. The lowest BCUT2D eigenvalue weighted by molar-refractivity contribution is 0.0976. The highest BCUT2D eigenvalue weighted by atomic mass is 35.5. The average Bonchev–Trinajstić information content (AvgIpc) is 2.14. The standard InChI is InChI=1S/C12H13ClO/c13-10-6-7-11-9(8-10)4-2-1-3-5-12(11)14/h6-8H,1-5H2. The first kappa shape index (κ1) is 9.72. The zero-order chi connectivity index (χ0) is 9.97. The topological polar surface area (TPSA) is 17.1 Å². The summed E-state index contributed by atoms with van der Waals surface area (Å²) in [6, 6.07) is 5.60. The third-order valence-electron chi connectivity index (χ3n) is 2.72. The van der Waals surface area contributed by atoms with Gasteiger partial charge in [0.15, 0.2) is 5.78 Å². The van der Waals surface area contributed by atoms with Gasteiger partial charge in [-0.25, -0.2) is 0 Å². The quantitative estimate of drug-likeness (QED) is 0.636. The maximum Gasteiger partial charge on any atom is 0.163 e. The Morgan fingerprint density at radius 3 is 2.71 bits per heavy atom. The van der Waals surface area contributed by atoms with Crippen molar-refractivity contribution in [3.05, 3.63) is 34.3 Å². The van der Waals surface area contributed by atoms with Gasteiger partial charge in [-0.1, -0.05) is 18.0 Å². The van der Waals surface area contributed by atoms with E-state index in [9.17, 15) is 4.79 Å². The number of rotatable bonds is 0. The molecule has 1 nitrogen and oxygen atoms in total. The third kappa shape index (κ3) is 1.98. The molecule has 0 bridgehead atoms. The zero-order valence-corrected chi connectivity index (χ0v) is 8.81. The Labute approximate surface area is 89.1 Å². The molecule has 0 saturated carbocycles. The first-order valence-electron chi connectivity index (χ1n) is 5.09. The van der Waals surface area contributed by atoms with Crippen LogP contribution in [-0.2, 0) is 6.42 Å². The van der Waals surface area contributed by atoms with E-state index >= 15 is 0 Å². The molecule has 1 aromatic rings. The van der Waals surface area contributed by atoms with E-state index < -0.39 is 0 Å². The molecule has 0 unspecified atom stereocenters. The highest BCUT2D eigenvalue weighted by Crippen LogP contribution is 2.23. The van der Waals surface area contributed by atoms with Crippen molar-refractivity contribution in [1.29, 1.82) is 0 Å². The van der Waals surface area contributed by atoms with Crippen molar-refractivity contribution in [3.63, 3.8) is 0 Å². The van der Waals surface area contributed by atoms with Crippen molar-refractivity contribution in [2.24, 2.45) is 0 Å². The highest BCUT2D eigenvalue weighted by molar-refractivity contribution is 6.30. The van der Waals surface area contributed by atoms with E-state index in [4.69, 9.17) is 11.6 Å². The molecule has 74 valence electrons. The summed E-state index contributed by atoms with van der Waals surface area (Å²) in [7, 11) is 0. The third-order valence-corrected chi connectivity index (χ3v) is 2.95. The Bertz CT molecular complexity index is 357. The van der Waals surface area contributed by atoms with Gasteiger partial charge in [0.2, 0.25) is 0 Å². The number of hydrogen-bond acceptors (Lipinski definition) is 1. The molecular formula is C12H13ClO. The van der Waals surface area contributed by atoms with Crippen LogP contribution in [0.2, 0.25) is 5.02 Å². The van der Waals surface area contributed by atoms with Gasteiger partial charge in [-0.3, -0.25) is 4.79 Å². The molecule has 0 aliphatic heterocycles. The number of halogens is 1. The lowest BCUT2D eigenvalue weighted by Gasteiger charge is -2.12. The summed E-state index contributed by atoms with van der Waals surface area (Å²) in [5.74, 6) is 0.274. The summed E-state index contributed by atoms with van der Waals surface area (Å²) < 4.78 is 0. The molecule has 2 heteroatoms. The second kappa shape index (κ2) is 4.14. The van der Waals surface area contributed by atoms with E-state index in [1.165, 1.54) is 6.42 Å². The highest BCUT2D eigenvalue weighted by Gasteiger charge is 2.13. The van der Waals surface area contributed by atoms with Crippen LogP contribution in [0.25, 0.3) is 0 Å². The number of carbonyl (C=O) groups is 1. The predicted molar refractivity (Wildman–Crippen MR) is 58.0 cm³/mol. The van der Waals surface area contributed by atoms with Gasteiger partial charge in [0, 0.05) is 17.0 Å². The van der Waals surface area contributed by atoms with Gasteiger partial charge in [-0.15, -0.1) is 0 Å². The molecule has 0 heterocycles. The number of hydrogen-bond donors (Lipinski definition) is 0. The molecule has 1 aliphatic rings. The number of fused-ring (bicyclic) bond motifs is 1. The number of benzene rings is 1. The van der Waals surface area contributed by atoms with Crippen LogP contribution in [0.4, 0.5) is 0 Å². The molecule has 0 amide bonds. The van der Waals surface area contributed by atoms with Gasteiger partial charge in [0.25, 0.3) is 0 Å². The minimum Gasteiger partial charge on any atom is -0.294 e. The largest absolute Gasteiger partial charge is 0.294 e. The molecule has 0 saturated heterocycles. The Morgan fingerprint density at radius 2 is 1.86 bits per heavy atom. The lowest BCUT2D eigenvalue weighted by Crippen LogP contribution is -2.07. The van der Waals surface area contributed by atoms with Crippen LogP contribution in [0, 0.1) is 0 Å². The Morgan fingerprint density at radius 1 is 1.07 bits per heavy atom. The maximum atomic E-state index is 11.7.